The molecule has 0 radical (unpaired) electrons. The van der Waals surface area contributed by atoms with E-state index in [9.17, 15) is 0 Å². The number of benzene rings is 1. The quantitative estimate of drug-likeness (QED) is 0.555. The molecule has 164 valence electrons. The Morgan fingerprint density at radius 3 is 2.33 bits per heavy atom. The minimum absolute atomic E-state index is 0.229. The van der Waals surface area contributed by atoms with Gasteiger partial charge in [-0.15, -0.1) is 0 Å². The van der Waals surface area contributed by atoms with Gasteiger partial charge in [-0.25, -0.2) is 0 Å². The molecule has 2 nitrogen and oxygen atoms in total. The van der Waals surface area contributed by atoms with E-state index < -0.39 is 0 Å². The maximum absolute atomic E-state index is 6.24. The van der Waals surface area contributed by atoms with Crippen LogP contribution in [0.3, 0.4) is 0 Å². The molecule has 5 aliphatic rings. The number of nitrogens with one attached hydrogen (secondary N) is 1. The zero-order valence-corrected chi connectivity index (χ0v) is 20.1. The second-order valence-electron chi connectivity index (χ2n) is 10.8. The second kappa shape index (κ2) is 8.41. The van der Waals surface area contributed by atoms with Crippen molar-refractivity contribution >= 4 is 29.0 Å². The first-order chi connectivity index (χ1) is 14.6. The van der Waals surface area contributed by atoms with Gasteiger partial charge in [0.25, 0.3) is 0 Å². The molecular formula is C26H38N2S2. The molecule has 0 heterocycles. The summed E-state index contributed by atoms with van der Waals surface area (Å²) in [6, 6.07) is 12.0. The third-order valence-corrected chi connectivity index (χ3v) is 11.0. The van der Waals surface area contributed by atoms with Gasteiger partial charge >= 0.3 is 0 Å². The maximum Gasteiger partial charge on any atom is 0.0818 e. The maximum atomic E-state index is 6.24. The normalized spacial score (nSPS) is 42.3. The summed E-state index contributed by atoms with van der Waals surface area (Å²) in [5.41, 5.74) is 8.07. The average Bonchev–Trinajstić information content (AvgIpc) is 2.77. The lowest BCUT2D eigenvalue weighted by atomic mass is 9.42. The Labute approximate surface area is 192 Å². The summed E-state index contributed by atoms with van der Waals surface area (Å²) in [6.07, 6.45) is 11.7. The number of hydrogen-bond donors (Lipinski definition) is 2. The van der Waals surface area contributed by atoms with Crippen molar-refractivity contribution in [3.05, 3.63) is 35.9 Å². The van der Waals surface area contributed by atoms with E-state index in [0.29, 0.717) is 11.5 Å². The standard InChI is InChI=1S/C26H38N2S2/c1-2-30-23-19-12-25(21-6-4-3-5-7-21)13-20(23)15-26(14-19,17-25)24(29)28-22-10-8-18(16-27)9-11-22/h3-7,18-20,22-23H,2,8-17,27H2,1H3,(H,28,29)/t18-,19?,20?,22-,23?,25?,26?. The molecule has 4 bridgehead atoms. The van der Waals surface area contributed by atoms with Gasteiger partial charge in [-0.05, 0) is 98.8 Å². The minimum Gasteiger partial charge on any atom is -0.376 e. The van der Waals surface area contributed by atoms with Crippen molar-refractivity contribution in [2.75, 3.05) is 12.3 Å². The fraction of sp³-hybridized carbons (Fsp3) is 0.731. The van der Waals surface area contributed by atoms with Crippen molar-refractivity contribution in [2.24, 2.45) is 28.9 Å². The van der Waals surface area contributed by atoms with Crippen LogP contribution in [0.1, 0.15) is 70.3 Å². The summed E-state index contributed by atoms with van der Waals surface area (Å²) in [6.45, 7) is 3.18. The van der Waals surface area contributed by atoms with Gasteiger partial charge in [-0.2, -0.15) is 11.8 Å². The second-order valence-corrected chi connectivity index (χ2v) is 12.7. The van der Waals surface area contributed by atoms with Gasteiger partial charge in [0.1, 0.15) is 0 Å². The molecule has 5 saturated carbocycles. The Morgan fingerprint density at radius 2 is 1.73 bits per heavy atom. The van der Waals surface area contributed by atoms with Gasteiger partial charge < -0.3 is 11.1 Å². The Morgan fingerprint density at radius 1 is 1.07 bits per heavy atom. The molecule has 0 spiro atoms. The van der Waals surface area contributed by atoms with Crippen LogP contribution >= 0.6 is 24.0 Å². The van der Waals surface area contributed by atoms with Crippen molar-refractivity contribution in [2.45, 2.75) is 81.4 Å². The van der Waals surface area contributed by atoms with E-state index in [1.54, 1.807) is 5.56 Å². The third kappa shape index (κ3) is 3.65. The molecule has 3 N–H and O–H groups in total. The van der Waals surface area contributed by atoms with Crippen LogP contribution in [-0.2, 0) is 5.41 Å². The van der Waals surface area contributed by atoms with Gasteiger partial charge in [-0.3, -0.25) is 0 Å². The first-order valence-electron chi connectivity index (χ1n) is 12.3. The van der Waals surface area contributed by atoms with E-state index >= 15 is 0 Å². The van der Waals surface area contributed by atoms with Gasteiger partial charge in [0.2, 0.25) is 0 Å². The molecular weight excluding hydrogens is 404 g/mol. The number of thioether (sulfide) groups is 1. The van der Waals surface area contributed by atoms with Gasteiger partial charge in [0.05, 0.1) is 4.99 Å². The Kier molecular flexibility index (Phi) is 5.96. The van der Waals surface area contributed by atoms with E-state index in [1.807, 2.05) is 0 Å². The first kappa shape index (κ1) is 21.3. The lowest BCUT2D eigenvalue weighted by molar-refractivity contribution is -0.0298. The van der Waals surface area contributed by atoms with Crippen LogP contribution in [0.4, 0.5) is 0 Å². The summed E-state index contributed by atoms with van der Waals surface area (Å²) < 4.78 is 0. The largest absolute Gasteiger partial charge is 0.376 e. The molecule has 0 aliphatic heterocycles. The van der Waals surface area contributed by atoms with Crippen molar-refractivity contribution < 1.29 is 0 Å². The SMILES string of the molecule is CCSC1C2CC3(C(=S)N[C@H]4CC[C@H](CN)CC4)CC1CC(c1ccccc1)(C2)C3. The highest BCUT2D eigenvalue weighted by Crippen LogP contribution is 2.67. The molecule has 0 amide bonds. The Bertz CT molecular complexity index is 740. The van der Waals surface area contributed by atoms with Crippen LogP contribution in [0, 0.1) is 23.2 Å². The topological polar surface area (TPSA) is 38.0 Å². The van der Waals surface area contributed by atoms with Gasteiger partial charge in [0, 0.05) is 16.7 Å². The summed E-state index contributed by atoms with van der Waals surface area (Å²) in [4.78, 5) is 1.22. The highest BCUT2D eigenvalue weighted by molar-refractivity contribution is 7.99. The van der Waals surface area contributed by atoms with Crippen LogP contribution in [0.15, 0.2) is 30.3 Å². The fourth-order valence-corrected chi connectivity index (χ4v) is 9.56. The predicted octanol–water partition coefficient (Wildman–Crippen LogP) is 5.69. The lowest BCUT2D eigenvalue weighted by Gasteiger charge is -2.65. The summed E-state index contributed by atoms with van der Waals surface area (Å²) >= 11 is 8.48. The van der Waals surface area contributed by atoms with Crippen LogP contribution in [-0.4, -0.2) is 28.6 Å². The smallest absolute Gasteiger partial charge is 0.0818 e. The Balaban J connectivity index is 1.39. The summed E-state index contributed by atoms with van der Waals surface area (Å²) in [5.74, 6) is 3.62. The number of thiocarbonyl (C=S) groups is 1. The number of nitrogens with two attached hydrogens (primary N) is 1. The zero-order chi connectivity index (χ0) is 20.8. The van der Waals surface area contributed by atoms with E-state index in [4.69, 9.17) is 18.0 Å². The van der Waals surface area contributed by atoms with Crippen LogP contribution < -0.4 is 11.1 Å². The zero-order valence-electron chi connectivity index (χ0n) is 18.4. The molecule has 0 saturated heterocycles. The third-order valence-electron chi connectivity index (χ3n) is 8.96. The van der Waals surface area contributed by atoms with Crippen LogP contribution in [0.2, 0.25) is 0 Å². The molecule has 30 heavy (non-hydrogen) atoms. The molecule has 5 fully saturated rings. The average molecular weight is 443 g/mol. The molecule has 2 unspecified atom stereocenters. The van der Waals surface area contributed by atoms with Crippen molar-refractivity contribution in [3.8, 4) is 0 Å². The van der Waals surface area contributed by atoms with E-state index in [2.05, 4.69) is 54.3 Å². The molecule has 4 heteroatoms. The monoisotopic (exact) mass is 442 g/mol. The first-order valence-corrected chi connectivity index (χ1v) is 13.7. The van der Waals surface area contributed by atoms with E-state index in [1.165, 1.54) is 68.5 Å². The molecule has 1 aromatic rings. The number of rotatable bonds is 6. The summed E-state index contributed by atoms with van der Waals surface area (Å²) in [5, 5.41) is 4.77. The van der Waals surface area contributed by atoms with Crippen molar-refractivity contribution in [3.63, 3.8) is 0 Å². The number of hydrogen-bond acceptors (Lipinski definition) is 3. The highest BCUT2D eigenvalue weighted by atomic mass is 32.2. The van der Waals surface area contributed by atoms with Crippen molar-refractivity contribution in [1.29, 1.82) is 0 Å². The Hall–Kier alpha value is -0.580. The van der Waals surface area contributed by atoms with Crippen molar-refractivity contribution in [1.82, 2.24) is 5.32 Å². The molecule has 6 rings (SSSR count). The highest BCUT2D eigenvalue weighted by Gasteiger charge is 2.62. The molecule has 0 aromatic heterocycles. The minimum atomic E-state index is 0.229. The van der Waals surface area contributed by atoms with E-state index in [0.717, 1.165) is 29.5 Å². The predicted molar refractivity (Wildman–Crippen MR) is 133 cm³/mol. The molecule has 1 aromatic carbocycles. The van der Waals surface area contributed by atoms with E-state index in [-0.39, 0.29) is 5.41 Å². The van der Waals surface area contributed by atoms with Crippen LogP contribution in [0.25, 0.3) is 0 Å². The van der Waals surface area contributed by atoms with Gasteiger partial charge in [-0.1, -0.05) is 49.5 Å². The lowest BCUT2D eigenvalue weighted by Crippen LogP contribution is -2.63. The molecule has 5 aliphatic carbocycles. The van der Waals surface area contributed by atoms with Gasteiger partial charge in [0.15, 0.2) is 0 Å². The fourth-order valence-electron chi connectivity index (χ4n) is 7.85. The summed E-state index contributed by atoms with van der Waals surface area (Å²) in [7, 11) is 0. The molecule has 2 atom stereocenters. The van der Waals surface area contributed by atoms with Crippen LogP contribution in [0.5, 0.6) is 0 Å².